The number of piperazine rings is 1. The van der Waals surface area contributed by atoms with Crippen LogP contribution in [0, 0.1) is 41.7 Å². The molecular formula is C45H55F2N7O5. The number of rotatable bonds is 14. The molecule has 0 radical (unpaired) electrons. The van der Waals surface area contributed by atoms with Crippen molar-refractivity contribution in [1.29, 1.82) is 0 Å². The first-order valence-electron chi connectivity index (χ1n) is 21.2. The molecule has 1 saturated carbocycles. The van der Waals surface area contributed by atoms with Crippen LogP contribution in [0.2, 0.25) is 0 Å². The third-order valence-corrected chi connectivity index (χ3v) is 12.6. The monoisotopic (exact) mass is 811 g/mol. The number of nitrogens with one attached hydrogen (secondary N) is 2. The molecule has 0 spiro atoms. The number of hydrogen-bond donors (Lipinski definition) is 3. The molecule has 59 heavy (non-hydrogen) atoms. The largest absolute Gasteiger partial charge is 0.508 e. The molecule has 3 aliphatic heterocycles. The van der Waals surface area contributed by atoms with E-state index in [0.29, 0.717) is 92.4 Å². The summed E-state index contributed by atoms with van der Waals surface area (Å²) in [7, 11) is 0. The Labute approximate surface area is 344 Å². The zero-order chi connectivity index (χ0) is 41.2. The van der Waals surface area contributed by atoms with Crippen LogP contribution in [0.1, 0.15) is 64.9 Å². The van der Waals surface area contributed by atoms with Gasteiger partial charge in [0.2, 0.25) is 5.91 Å². The van der Waals surface area contributed by atoms with E-state index < -0.39 is 11.6 Å². The topological polar surface area (TPSA) is 134 Å². The molecular weight excluding hydrogens is 757 g/mol. The maximum Gasteiger partial charge on any atom is 0.319 e. The van der Waals surface area contributed by atoms with Gasteiger partial charge < -0.3 is 34.9 Å². The van der Waals surface area contributed by atoms with E-state index in [0.717, 1.165) is 38.6 Å². The highest BCUT2D eigenvalue weighted by molar-refractivity contribution is 6.03. The molecule has 2 aromatic carbocycles. The van der Waals surface area contributed by atoms with Crippen molar-refractivity contribution in [2.24, 2.45) is 17.8 Å². The fourth-order valence-electron chi connectivity index (χ4n) is 9.57. The summed E-state index contributed by atoms with van der Waals surface area (Å²) in [5, 5.41) is 18.3. The van der Waals surface area contributed by atoms with E-state index in [-0.39, 0.29) is 64.2 Å². The van der Waals surface area contributed by atoms with Crippen molar-refractivity contribution in [1.82, 2.24) is 30.5 Å². The standard InChI is InChI=1S/C45H55F2N7O5/c1-5-33-37(46)11-7-28-19-31(55)20-35(40(28)33)42-41(47)43-36(21-49-42)44(54-22-29-8-9-30(23-54)50-29)52-45(51-43)59-32-12-14-53(24-32)15-17-57-16-13-48-39(56)25-58-38-18-27(4)6-10-34(38)26(2)3/h1,7,11,19-21,26-27,29-30,32,34,38,50,55H,6,8-10,12-18,22-25H2,2-4H3,(H,48,56)/t27-,29?,30?,32?,34+,38-/m1/s1. The zero-order valence-electron chi connectivity index (χ0n) is 34.2. The number of aromatic nitrogens is 3. The molecule has 2 bridgehead atoms. The van der Waals surface area contributed by atoms with E-state index >= 15 is 4.39 Å². The van der Waals surface area contributed by atoms with Crippen LogP contribution in [0.5, 0.6) is 11.8 Å². The lowest BCUT2D eigenvalue weighted by Gasteiger charge is -2.37. The molecule has 12 nitrogen and oxygen atoms in total. The van der Waals surface area contributed by atoms with Crippen molar-refractivity contribution in [3.05, 3.63) is 47.7 Å². The van der Waals surface area contributed by atoms with Crippen molar-refractivity contribution in [2.75, 3.05) is 64.0 Å². The summed E-state index contributed by atoms with van der Waals surface area (Å²) in [6.45, 7) is 11.6. The Balaban J connectivity index is 0.915. The van der Waals surface area contributed by atoms with Crippen LogP contribution in [-0.2, 0) is 14.3 Å². The lowest BCUT2D eigenvalue weighted by Crippen LogP contribution is -2.51. The number of carbonyl (C=O) groups is 1. The summed E-state index contributed by atoms with van der Waals surface area (Å²) in [4.78, 5) is 30.9. The summed E-state index contributed by atoms with van der Waals surface area (Å²) in [6.07, 6.45) is 13.4. The summed E-state index contributed by atoms with van der Waals surface area (Å²) in [5.41, 5.74) is 0.00521. The number of fused-ring (bicyclic) bond motifs is 4. The highest BCUT2D eigenvalue weighted by atomic mass is 19.1. The van der Waals surface area contributed by atoms with E-state index in [4.69, 9.17) is 25.6 Å². The van der Waals surface area contributed by atoms with Gasteiger partial charge in [0, 0.05) is 68.5 Å². The zero-order valence-corrected chi connectivity index (χ0v) is 34.2. The van der Waals surface area contributed by atoms with Gasteiger partial charge in [0.05, 0.1) is 30.3 Å². The minimum absolute atomic E-state index is 0.0151. The Kier molecular flexibility index (Phi) is 12.5. The van der Waals surface area contributed by atoms with E-state index in [2.05, 4.69) is 57.1 Å². The van der Waals surface area contributed by atoms with Gasteiger partial charge in [0.25, 0.3) is 0 Å². The molecule has 14 heteroatoms. The van der Waals surface area contributed by atoms with E-state index in [1.54, 1.807) is 0 Å². The Morgan fingerprint density at radius 2 is 1.90 bits per heavy atom. The number of aromatic hydroxyl groups is 1. The van der Waals surface area contributed by atoms with Gasteiger partial charge in [0.15, 0.2) is 5.82 Å². The van der Waals surface area contributed by atoms with Crippen LogP contribution in [0.4, 0.5) is 14.6 Å². The minimum atomic E-state index is -0.749. The second-order valence-electron chi connectivity index (χ2n) is 17.2. The molecule has 6 atom stereocenters. The molecule has 1 aliphatic carbocycles. The number of phenols is 1. The normalized spacial score (nSPS) is 24.6. The van der Waals surface area contributed by atoms with Gasteiger partial charge in [0.1, 0.15) is 41.3 Å². The Morgan fingerprint density at radius 1 is 1.08 bits per heavy atom. The molecule has 3 saturated heterocycles. The molecule has 4 fully saturated rings. The van der Waals surface area contributed by atoms with Gasteiger partial charge in [-0.05, 0) is 73.4 Å². The molecule has 4 aliphatic rings. The quantitative estimate of drug-likeness (QED) is 0.105. The minimum Gasteiger partial charge on any atom is -0.508 e. The van der Waals surface area contributed by atoms with E-state index in [1.165, 1.54) is 36.9 Å². The lowest BCUT2D eigenvalue weighted by atomic mass is 9.75. The highest BCUT2D eigenvalue weighted by Crippen LogP contribution is 2.40. The predicted molar refractivity (Wildman–Crippen MR) is 222 cm³/mol. The SMILES string of the molecule is C#Cc1c(F)ccc2cc(O)cc(-c3ncc4c(N5CC6CCC(C5)N6)nc(OC5CCN(CCOCCNC(=O)CO[C@@H]6C[C@H](C)CC[C@H]6C(C)C)C5)nc4c3F)c12. The van der Waals surface area contributed by atoms with Gasteiger partial charge in [-0.25, -0.2) is 8.78 Å². The summed E-state index contributed by atoms with van der Waals surface area (Å²) in [5.74, 6) is 2.95. The number of pyridine rings is 1. The molecule has 1 amide bonds. The Hall–Kier alpha value is -4.68. The van der Waals surface area contributed by atoms with Gasteiger partial charge in [-0.2, -0.15) is 9.97 Å². The number of hydrogen-bond acceptors (Lipinski definition) is 11. The fraction of sp³-hybridized carbons (Fsp3) is 0.556. The van der Waals surface area contributed by atoms with Gasteiger partial charge >= 0.3 is 6.01 Å². The smallest absolute Gasteiger partial charge is 0.319 e. The van der Waals surface area contributed by atoms with E-state index in [1.807, 2.05) is 0 Å². The number of anilines is 1. The van der Waals surface area contributed by atoms with Crippen LogP contribution in [-0.4, -0.2) is 114 Å². The van der Waals surface area contributed by atoms with Crippen molar-refractivity contribution in [3.63, 3.8) is 0 Å². The van der Waals surface area contributed by atoms with Crippen LogP contribution in [0.25, 0.3) is 32.9 Å². The highest BCUT2D eigenvalue weighted by Gasteiger charge is 2.35. The van der Waals surface area contributed by atoms with Crippen molar-refractivity contribution < 1.29 is 32.9 Å². The van der Waals surface area contributed by atoms with Gasteiger partial charge in [-0.15, -0.1) is 6.42 Å². The number of halogens is 2. The van der Waals surface area contributed by atoms with Crippen molar-refractivity contribution >= 4 is 33.4 Å². The average Bonchev–Trinajstić information content (AvgIpc) is 3.81. The summed E-state index contributed by atoms with van der Waals surface area (Å²) < 4.78 is 50.2. The van der Waals surface area contributed by atoms with E-state index in [9.17, 15) is 14.3 Å². The Morgan fingerprint density at radius 3 is 2.68 bits per heavy atom. The molecule has 3 unspecified atom stereocenters. The molecule has 314 valence electrons. The Bertz CT molecular complexity index is 2210. The molecule has 4 aromatic rings. The average molecular weight is 812 g/mol. The number of carbonyl (C=O) groups excluding carboxylic acids is 1. The number of benzene rings is 2. The first kappa shape index (κ1) is 41.1. The summed E-state index contributed by atoms with van der Waals surface area (Å²) >= 11 is 0. The second-order valence-corrected chi connectivity index (χ2v) is 17.2. The number of nitrogens with zero attached hydrogens (tertiary/aromatic N) is 5. The third-order valence-electron chi connectivity index (χ3n) is 12.6. The van der Waals surface area contributed by atoms with Crippen molar-refractivity contribution in [2.45, 2.75) is 83.6 Å². The second kappa shape index (κ2) is 17.9. The number of phenolic OH excluding ortho intramolecular Hbond substituents is 1. The first-order valence-corrected chi connectivity index (χ1v) is 21.2. The van der Waals surface area contributed by atoms with Crippen molar-refractivity contribution in [3.8, 4) is 35.4 Å². The van der Waals surface area contributed by atoms with Gasteiger partial charge in [-0.3, -0.25) is 14.7 Å². The van der Waals surface area contributed by atoms with Gasteiger partial charge in [-0.1, -0.05) is 39.2 Å². The van der Waals surface area contributed by atoms with Crippen LogP contribution in [0.15, 0.2) is 30.5 Å². The summed E-state index contributed by atoms with van der Waals surface area (Å²) in [6, 6.07) is 6.16. The molecule has 8 rings (SSSR count). The molecule has 3 N–H and O–H groups in total. The van der Waals surface area contributed by atoms with Crippen LogP contribution in [0.3, 0.4) is 0 Å². The number of amides is 1. The lowest BCUT2D eigenvalue weighted by molar-refractivity contribution is -0.131. The predicted octanol–water partition coefficient (Wildman–Crippen LogP) is 5.81. The third kappa shape index (κ3) is 9.09. The first-order chi connectivity index (χ1) is 28.5. The van der Waals surface area contributed by atoms with Crippen LogP contribution >= 0.6 is 0 Å². The maximum atomic E-state index is 16.9. The number of likely N-dealkylation sites (tertiary alicyclic amines) is 1. The number of terminal acetylenes is 1. The number of ether oxygens (including phenoxy) is 3. The molecule has 2 aromatic heterocycles. The fourth-order valence-corrected chi connectivity index (χ4v) is 9.57. The maximum absolute atomic E-state index is 16.9. The molecule has 5 heterocycles. The van der Waals surface area contributed by atoms with Crippen LogP contribution < -0.4 is 20.3 Å².